The monoisotopic (exact) mass is 266 g/mol. The van der Waals surface area contributed by atoms with Crippen molar-refractivity contribution in [1.29, 1.82) is 0 Å². The summed E-state index contributed by atoms with van der Waals surface area (Å²) in [7, 11) is 0. The van der Waals surface area contributed by atoms with E-state index in [-0.39, 0.29) is 5.56 Å². The van der Waals surface area contributed by atoms with E-state index in [4.69, 9.17) is 5.11 Å². The average molecular weight is 266 g/mol. The van der Waals surface area contributed by atoms with E-state index in [9.17, 15) is 15.0 Å². The number of hydrogen-bond acceptors (Lipinski definition) is 3. The van der Waals surface area contributed by atoms with Gasteiger partial charge in [-0.15, -0.1) is 0 Å². The van der Waals surface area contributed by atoms with E-state index in [1.54, 1.807) is 32.9 Å². The Bertz CT molecular complexity index is 426. The standard InChI is InChI=1S/C15H22O4/c1-14(2,18)9-4-10-15(3,19)12-7-5-11(6-8-12)13(16)17/h5-8,18-19H,4,9-10H2,1-3H3,(H,16,17). The van der Waals surface area contributed by atoms with Gasteiger partial charge in [-0.2, -0.15) is 0 Å². The number of benzene rings is 1. The van der Waals surface area contributed by atoms with Crippen LogP contribution in [0.4, 0.5) is 0 Å². The molecule has 0 fully saturated rings. The maximum atomic E-state index is 10.8. The minimum atomic E-state index is -1.01. The molecule has 4 nitrogen and oxygen atoms in total. The van der Waals surface area contributed by atoms with Crippen molar-refractivity contribution in [1.82, 2.24) is 0 Å². The Balaban J connectivity index is 2.68. The van der Waals surface area contributed by atoms with Gasteiger partial charge in [0.25, 0.3) is 0 Å². The molecule has 0 amide bonds. The van der Waals surface area contributed by atoms with Gasteiger partial charge in [0.1, 0.15) is 0 Å². The zero-order valence-electron chi connectivity index (χ0n) is 11.7. The first-order valence-electron chi connectivity index (χ1n) is 6.40. The molecule has 1 rings (SSSR count). The van der Waals surface area contributed by atoms with E-state index in [0.717, 1.165) is 0 Å². The summed E-state index contributed by atoms with van der Waals surface area (Å²) in [6, 6.07) is 6.24. The molecule has 0 aromatic heterocycles. The molecule has 3 N–H and O–H groups in total. The van der Waals surface area contributed by atoms with Crippen LogP contribution in [0.25, 0.3) is 0 Å². The Hall–Kier alpha value is -1.39. The highest BCUT2D eigenvalue weighted by Crippen LogP contribution is 2.28. The highest BCUT2D eigenvalue weighted by atomic mass is 16.4. The average Bonchev–Trinajstić information content (AvgIpc) is 2.27. The van der Waals surface area contributed by atoms with Gasteiger partial charge in [0.15, 0.2) is 0 Å². The largest absolute Gasteiger partial charge is 0.478 e. The molecule has 106 valence electrons. The summed E-state index contributed by atoms with van der Waals surface area (Å²) in [6.45, 7) is 5.18. The van der Waals surface area contributed by atoms with E-state index >= 15 is 0 Å². The number of hydrogen-bond donors (Lipinski definition) is 3. The zero-order valence-corrected chi connectivity index (χ0v) is 11.7. The molecule has 0 spiro atoms. The summed E-state index contributed by atoms with van der Waals surface area (Å²) in [5.41, 5.74) is -0.852. The first-order chi connectivity index (χ1) is 8.62. The molecule has 0 aliphatic rings. The fourth-order valence-electron chi connectivity index (χ4n) is 1.98. The van der Waals surface area contributed by atoms with Gasteiger partial charge in [-0.25, -0.2) is 4.79 Å². The third-order valence-electron chi connectivity index (χ3n) is 3.21. The van der Waals surface area contributed by atoms with Crippen molar-refractivity contribution >= 4 is 5.97 Å². The van der Waals surface area contributed by atoms with Crippen LogP contribution in [0.5, 0.6) is 0 Å². The van der Waals surface area contributed by atoms with Gasteiger partial charge in [0.2, 0.25) is 0 Å². The number of aromatic carboxylic acids is 1. The summed E-state index contributed by atoms with van der Waals surface area (Å²) in [6.07, 6.45) is 1.82. The number of aliphatic hydroxyl groups is 2. The quantitative estimate of drug-likeness (QED) is 0.739. The molecule has 0 aliphatic carbocycles. The van der Waals surface area contributed by atoms with Gasteiger partial charge >= 0.3 is 5.97 Å². The third-order valence-corrected chi connectivity index (χ3v) is 3.21. The van der Waals surface area contributed by atoms with Crippen LogP contribution in [0.1, 0.15) is 56.0 Å². The zero-order chi connectivity index (χ0) is 14.7. The molecule has 0 heterocycles. The fourth-order valence-corrected chi connectivity index (χ4v) is 1.98. The van der Waals surface area contributed by atoms with Crippen LogP contribution >= 0.6 is 0 Å². The molecule has 0 aliphatic heterocycles. The molecule has 0 bridgehead atoms. The van der Waals surface area contributed by atoms with Gasteiger partial charge in [0, 0.05) is 0 Å². The second-order valence-corrected chi connectivity index (χ2v) is 5.82. The molecule has 1 unspecified atom stereocenters. The van der Waals surface area contributed by atoms with Gasteiger partial charge in [-0.3, -0.25) is 0 Å². The van der Waals surface area contributed by atoms with E-state index in [1.807, 2.05) is 0 Å². The Kier molecular flexibility index (Phi) is 4.71. The molecular weight excluding hydrogens is 244 g/mol. The smallest absolute Gasteiger partial charge is 0.335 e. The first-order valence-corrected chi connectivity index (χ1v) is 6.40. The summed E-state index contributed by atoms with van der Waals surface area (Å²) in [5, 5.41) is 28.8. The maximum Gasteiger partial charge on any atom is 0.335 e. The van der Waals surface area contributed by atoms with Crippen molar-refractivity contribution in [2.75, 3.05) is 0 Å². The lowest BCUT2D eigenvalue weighted by atomic mass is 9.88. The molecular formula is C15H22O4. The van der Waals surface area contributed by atoms with Crippen molar-refractivity contribution in [3.63, 3.8) is 0 Å². The fraction of sp³-hybridized carbons (Fsp3) is 0.533. The first kappa shape index (κ1) is 15.7. The summed E-state index contributed by atoms with van der Waals surface area (Å²) < 4.78 is 0. The number of rotatable bonds is 6. The number of carbonyl (C=O) groups is 1. The molecule has 1 aromatic rings. The normalized spacial score (nSPS) is 15.0. The Labute approximate surface area is 113 Å². The molecule has 4 heteroatoms. The molecule has 0 saturated heterocycles. The predicted molar refractivity (Wildman–Crippen MR) is 73.1 cm³/mol. The molecule has 1 atom stereocenters. The third kappa shape index (κ3) is 5.01. The van der Waals surface area contributed by atoms with Crippen LogP contribution in [0.2, 0.25) is 0 Å². The molecule has 0 radical (unpaired) electrons. The predicted octanol–water partition coefficient (Wildman–Crippen LogP) is 2.53. The van der Waals surface area contributed by atoms with E-state index < -0.39 is 17.2 Å². The lowest BCUT2D eigenvalue weighted by Crippen LogP contribution is -2.24. The van der Waals surface area contributed by atoms with Crippen LogP contribution in [-0.2, 0) is 5.60 Å². The van der Waals surface area contributed by atoms with Crippen molar-refractivity contribution < 1.29 is 20.1 Å². The van der Waals surface area contributed by atoms with Gasteiger partial charge in [-0.1, -0.05) is 12.1 Å². The highest BCUT2D eigenvalue weighted by molar-refractivity contribution is 5.87. The number of carboxylic acid groups (broad SMARTS) is 1. The van der Waals surface area contributed by atoms with Crippen LogP contribution in [-0.4, -0.2) is 26.9 Å². The lowest BCUT2D eigenvalue weighted by molar-refractivity contribution is 0.0270. The minimum Gasteiger partial charge on any atom is -0.478 e. The van der Waals surface area contributed by atoms with Crippen LogP contribution in [0, 0.1) is 0 Å². The van der Waals surface area contributed by atoms with Gasteiger partial charge < -0.3 is 15.3 Å². The van der Waals surface area contributed by atoms with Crippen molar-refractivity contribution in [2.24, 2.45) is 0 Å². The van der Waals surface area contributed by atoms with Crippen molar-refractivity contribution in [3.8, 4) is 0 Å². The van der Waals surface area contributed by atoms with Crippen molar-refractivity contribution in [2.45, 2.75) is 51.2 Å². The second kappa shape index (κ2) is 5.72. The van der Waals surface area contributed by atoms with Crippen molar-refractivity contribution in [3.05, 3.63) is 35.4 Å². The molecule has 1 aromatic carbocycles. The van der Waals surface area contributed by atoms with E-state index in [0.29, 0.717) is 24.8 Å². The maximum absolute atomic E-state index is 10.8. The summed E-state index contributed by atoms with van der Waals surface area (Å²) in [4.78, 5) is 10.8. The SMILES string of the molecule is CC(C)(O)CCCC(C)(O)c1ccc(C(=O)O)cc1. The summed E-state index contributed by atoms with van der Waals surface area (Å²) >= 11 is 0. The topological polar surface area (TPSA) is 77.8 Å². The lowest BCUT2D eigenvalue weighted by Gasteiger charge is -2.26. The second-order valence-electron chi connectivity index (χ2n) is 5.82. The Morgan fingerprint density at radius 2 is 1.58 bits per heavy atom. The van der Waals surface area contributed by atoms with Crippen LogP contribution < -0.4 is 0 Å². The summed E-state index contributed by atoms with van der Waals surface area (Å²) in [5.74, 6) is -0.978. The van der Waals surface area contributed by atoms with Crippen LogP contribution in [0.15, 0.2) is 24.3 Å². The minimum absolute atomic E-state index is 0.205. The Morgan fingerprint density at radius 3 is 2.00 bits per heavy atom. The molecule has 19 heavy (non-hydrogen) atoms. The molecule has 0 saturated carbocycles. The number of carboxylic acids is 1. The van der Waals surface area contributed by atoms with Gasteiger partial charge in [0.05, 0.1) is 16.8 Å². The van der Waals surface area contributed by atoms with Crippen LogP contribution in [0.3, 0.4) is 0 Å². The van der Waals surface area contributed by atoms with E-state index in [1.165, 1.54) is 12.1 Å². The highest BCUT2D eigenvalue weighted by Gasteiger charge is 2.24. The van der Waals surface area contributed by atoms with E-state index in [2.05, 4.69) is 0 Å². The van der Waals surface area contributed by atoms with Gasteiger partial charge in [-0.05, 0) is 57.7 Å². The Morgan fingerprint density at radius 1 is 1.05 bits per heavy atom.